The Hall–Kier alpha value is -3.39. The second kappa shape index (κ2) is 8.10. The fourth-order valence-electron chi connectivity index (χ4n) is 2.55. The first-order valence-electron chi connectivity index (χ1n) is 8.39. The van der Waals surface area contributed by atoms with Crippen LogP contribution in [0.5, 0.6) is 0 Å². The maximum Gasteiger partial charge on any atom is 0.291 e. The fraction of sp³-hybridized carbons (Fsp3) is 0.100. The zero-order valence-electron chi connectivity index (χ0n) is 15.0. The van der Waals surface area contributed by atoms with Crippen molar-refractivity contribution < 1.29 is 22.4 Å². The van der Waals surface area contributed by atoms with Gasteiger partial charge in [-0.15, -0.1) is 0 Å². The van der Waals surface area contributed by atoms with Gasteiger partial charge in [-0.2, -0.15) is 0 Å². The minimum absolute atomic E-state index is 0.0109. The molecule has 2 aromatic carbocycles. The van der Waals surface area contributed by atoms with Gasteiger partial charge in [0.25, 0.3) is 5.91 Å². The molecule has 0 aliphatic carbocycles. The van der Waals surface area contributed by atoms with Crippen molar-refractivity contribution in [2.24, 2.45) is 0 Å². The number of carbonyl (C=O) groups is 2. The summed E-state index contributed by atoms with van der Waals surface area (Å²) >= 11 is 0. The molecular weight excluding hydrogens is 380 g/mol. The van der Waals surface area contributed by atoms with Crippen LogP contribution in [0.4, 0.5) is 11.4 Å². The summed E-state index contributed by atoms with van der Waals surface area (Å²) in [5.74, 6) is -0.936. The highest BCUT2D eigenvalue weighted by atomic mass is 32.2. The molecule has 2 N–H and O–H groups in total. The number of furan rings is 1. The Kier molecular flexibility index (Phi) is 5.60. The van der Waals surface area contributed by atoms with Gasteiger partial charge in [-0.25, -0.2) is 8.42 Å². The standard InChI is InChI=1S/C20H18N2O5S/c1-14(23)21-15-6-5-7-16(12-15)22-20(24)19-11-10-17(27-19)13-28(25,26)18-8-3-2-4-9-18/h2-12H,13H2,1H3,(H,21,23)(H,22,24). The van der Waals surface area contributed by atoms with E-state index in [0.29, 0.717) is 11.4 Å². The molecule has 0 aliphatic rings. The minimum Gasteiger partial charge on any atom is -0.455 e. The molecule has 144 valence electrons. The van der Waals surface area contributed by atoms with Gasteiger partial charge >= 0.3 is 0 Å². The van der Waals surface area contributed by atoms with Gasteiger partial charge in [-0.05, 0) is 42.5 Å². The topological polar surface area (TPSA) is 105 Å². The Labute approximate surface area is 162 Å². The van der Waals surface area contributed by atoms with Gasteiger partial charge in [0.15, 0.2) is 15.6 Å². The molecule has 0 aliphatic heterocycles. The number of amides is 2. The van der Waals surface area contributed by atoms with E-state index in [1.807, 2.05) is 0 Å². The fourth-order valence-corrected chi connectivity index (χ4v) is 3.81. The molecule has 0 unspecified atom stereocenters. The molecule has 7 nitrogen and oxygen atoms in total. The van der Waals surface area contributed by atoms with Gasteiger partial charge in [-0.1, -0.05) is 24.3 Å². The molecule has 1 heterocycles. The van der Waals surface area contributed by atoms with Gasteiger partial charge in [-0.3, -0.25) is 9.59 Å². The van der Waals surface area contributed by atoms with E-state index < -0.39 is 15.7 Å². The number of rotatable bonds is 6. The second-order valence-electron chi connectivity index (χ2n) is 6.05. The summed E-state index contributed by atoms with van der Waals surface area (Å²) in [7, 11) is -3.57. The van der Waals surface area contributed by atoms with E-state index in [-0.39, 0.29) is 28.1 Å². The number of hydrogen-bond donors (Lipinski definition) is 2. The van der Waals surface area contributed by atoms with Crippen LogP contribution < -0.4 is 10.6 Å². The highest BCUT2D eigenvalue weighted by molar-refractivity contribution is 7.90. The molecule has 0 saturated heterocycles. The lowest BCUT2D eigenvalue weighted by molar-refractivity contribution is -0.114. The van der Waals surface area contributed by atoms with Crippen molar-refractivity contribution in [1.29, 1.82) is 0 Å². The molecule has 3 rings (SSSR count). The first-order chi connectivity index (χ1) is 13.3. The van der Waals surface area contributed by atoms with E-state index in [9.17, 15) is 18.0 Å². The molecule has 28 heavy (non-hydrogen) atoms. The van der Waals surface area contributed by atoms with Crippen molar-refractivity contribution in [3.05, 3.63) is 78.3 Å². The molecule has 0 radical (unpaired) electrons. The molecule has 1 aromatic heterocycles. The van der Waals surface area contributed by atoms with Crippen LogP contribution in [0.3, 0.4) is 0 Å². The van der Waals surface area contributed by atoms with E-state index in [0.717, 1.165) is 0 Å². The first-order valence-corrected chi connectivity index (χ1v) is 10.0. The summed E-state index contributed by atoms with van der Waals surface area (Å²) in [5.41, 5.74) is 1.01. The molecule has 0 fully saturated rings. The number of carbonyl (C=O) groups excluding carboxylic acids is 2. The summed E-state index contributed by atoms with van der Waals surface area (Å²) in [6, 6.07) is 17.5. The van der Waals surface area contributed by atoms with Crippen molar-refractivity contribution >= 4 is 33.0 Å². The largest absolute Gasteiger partial charge is 0.455 e. The Morgan fingerprint density at radius 2 is 1.57 bits per heavy atom. The lowest BCUT2D eigenvalue weighted by Gasteiger charge is -2.06. The maximum atomic E-state index is 12.4. The molecule has 3 aromatic rings. The minimum atomic E-state index is -3.57. The van der Waals surface area contributed by atoms with Crippen molar-refractivity contribution in [1.82, 2.24) is 0 Å². The van der Waals surface area contributed by atoms with Gasteiger partial charge in [0.2, 0.25) is 5.91 Å². The lowest BCUT2D eigenvalue weighted by Crippen LogP contribution is -2.12. The third-order valence-corrected chi connectivity index (χ3v) is 5.42. The average molecular weight is 398 g/mol. The molecule has 0 saturated carbocycles. The van der Waals surface area contributed by atoms with E-state index in [1.54, 1.807) is 42.5 Å². The van der Waals surface area contributed by atoms with E-state index in [4.69, 9.17) is 4.42 Å². The lowest BCUT2D eigenvalue weighted by atomic mass is 10.2. The van der Waals surface area contributed by atoms with Gasteiger partial charge < -0.3 is 15.1 Å². The Bertz CT molecular complexity index is 1100. The SMILES string of the molecule is CC(=O)Nc1cccc(NC(=O)c2ccc(CS(=O)(=O)c3ccccc3)o2)c1. The van der Waals surface area contributed by atoms with Crippen molar-refractivity contribution in [3.63, 3.8) is 0 Å². The number of sulfone groups is 1. The Morgan fingerprint density at radius 1 is 0.893 bits per heavy atom. The normalized spacial score (nSPS) is 11.0. The van der Waals surface area contributed by atoms with Crippen LogP contribution in [-0.2, 0) is 20.4 Å². The zero-order chi connectivity index (χ0) is 20.1. The van der Waals surface area contributed by atoms with E-state index >= 15 is 0 Å². The van der Waals surface area contributed by atoms with Crippen molar-refractivity contribution in [2.45, 2.75) is 17.6 Å². The summed E-state index contributed by atoms with van der Waals surface area (Å²) in [4.78, 5) is 23.7. The predicted octanol–water partition coefficient (Wildman–Crippen LogP) is 3.46. The van der Waals surface area contributed by atoms with Gasteiger partial charge in [0.05, 0.1) is 4.90 Å². The molecule has 0 atom stereocenters. The predicted molar refractivity (Wildman–Crippen MR) is 105 cm³/mol. The third kappa shape index (κ3) is 4.86. The highest BCUT2D eigenvalue weighted by Crippen LogP contribution is 2.20. The van der Waals surface area contributed by atoms with Crippen molar-refractivity contribution in [2.75, 3.05) is 10.6 Å². The van der Waals surface area contributed by atoms with Gasteiger partial charge in [0.1, 0.15) is 11.5 Å². The number of hydrogen-bond acceptors (Lipinski definition) is 5. The second-order valence-corrected chi connectivity index (χ2v) is 8.04. The third-order valence-electron chi connectivity index (χ3n) is 3.76. The maximum absolute atomic E-state index is 12.4. The summed E-state index contributed by atoms with van der Waals surface area (Å²) < 4.78 is 30.2. The molecular formula is C20H18N2O5S. The highest BCUT2D eigenvalue weighted by Gasteiger charge is 2.19. The van der Waals surface area contributed by atoms with Crippen LogP contribution >= 0.6 is 0 Å². The molecule has 0 spiro atoms. The van der Waals surface area contributed by atoms with Crippen molar-refractivity contribution in [3.8, 4) is 0 Å². The van der Waals surface area contributed by atoms with Crippen LogP contribution in [0.2, 0.25) is 0 Å². The smallest absolute Gasteiger partial charge is 0.291 e. The van der Waals surface area contributed by atoms with Crippen LogP contribution in [0.1, 0.15) is 23.2 Å². The van der Waals surface area contributed by atoms with Crippen LogP contribution in [0, 0.1) is 0 Å². The zero-order valence-corrected chi connectivity index (χ0v) is 15.8. The van der Waals surface area contributed by atoms with Crippen LogP contribution in [0.15, 0.2) is 76.0 Å². The number of anilines is 2. The monoisotopic (exact) mass is 398 g/mol. The molecule has 2 amide bonds. The quantitative estimate of drug-likeness (QED) is 0.661. The Balaban J connectivity index is 1.70. The summed E-state index contributed by atoms with van der Waals surface area (Å²) in [6.45, 7) is 1.39. The summed E-state index contributed by atoms with van der Waals surface area (Å²) in [5, 5.41) is 5.27. The Morgan fingerprint density at radius 3 is 2.25 bits per heavy atom. The van der Waals surface area contributed by atoms with Gasteiger partial charge in [0, 0.05) is 18.3 Å². The first kappa shape index (κ1) is 19.4. The van der Waals surface area contributed by atoms with E-state index in [1.165, 1.54) is 31.2 Å². The van der Waals surface area contributed by atoms with E-state index in [2.05, 4.69) is 10.6 Å². The molecule has 8 heteroatoms. The summed E-state index contributed by atoms with van der Waals surface area (Å²) in [6.07, 6.45) is 0. The van der Waals surface area contributed by atoms with Crippen LogP contribution in [-0.4, -0.2) is 20.2 Å². The number of nitrogens with one attached hydrogen (secondary N) is 2. The average Bonchev–Trinajstić information content (AvgIpc) is 3.10. The van der Waals surface area contributed by atoms with Crippen LogP contribution in [0.25, 0.3) is 0 Å². The molecule has 0 bridgehead atoms. The number of benzene rings is 2.